The summed E-state index contributed by atoms with van der Waals surface area (Å²) in [5.74, 6) is -0.481. The zero-order chi connectivity index (χ0) is 21.7. The normalized spacial score (nSPS) is 11.9. The minimum atomic E-state index is -2.73. The van der Waals surface area contributed by atoms with Crippen molar-refractivity contribution in [3.63, 3.8) is 0 Å². The lowest BCUT2D eigenvalue weighted by Gasteiger charge is -2.28. The third-order valence-electron chi connectivity index (χ3n) is 4.51. The van der Waals surface area contributed by atoms with Gasteiger partial charge in [-0.3, -0.25) is 13.3 Å². The maximum Gasteiger partial charge on any atom is 0.241 e. The fourth-order valence-corrected chi connectivity index (χ4v) is 4.15. The van der Waals surface area contributed by atoms with Gasteiger partial charge in [0.1, 0.15) is 6.54 Å². The molecule has 0 aliphatic heterocycles. The Morgan fingerprint density at radius 2 is 1.57 bits per heavy atom. The van der Waals surface area contributed by atoms with Gasteiger partial charge >= 0.3 is 0 Å². The van der Waals surface area contributed by atoms with E-state index < -0.39 is 29.8 Å². The van der Waals surface area contributed by atoms with Crippen LogP contribution in [0.15, 0.2) is 72.8 Å². The number of hydrogen-bond acceptors (Lipinski definition) is 3. The van der Waals surface area contributed by atoms with Gasteiger partial charge in [0.2, 0.25) is 5.91 Å². The van der Waals surface area contributed by atoms with Crippen LogP contribution in [0, 0.1) is 6.92 Å². The fraction of sp³-hybridized carbons (Fsp3) is 0.136. The first-order valence-electron chi connectivity index (χ1n) is 9.08. The number of benzene rings is 3. The maximum absolute atomic E-state index is 12.9. The highest BCUT2D eigenvalue weighted by Crippen LogP contribution is 2.33. The topological polar surface area (TPSA) is 72.5 Å². The van der Waals surface area contributed by atoms with E-state index in [1.807, 2.05) is 60.7 Å². The summed E-state index contributed by atoms with van der Waals surface area (Å²) in [6.45, 7) is 1.27. The highest BCUT2D eigenvalue weighted by atomic mass is 35.5. The smallest absolute Gasteiger partial charge is 0.241 e. The van der Waals surface area contributed by atoms with E-state index in [9.17, 15) is 13.6 Å². The number of hydrogen-bond donors (Lipinski definition) is 1. The zero-order valence-corrected chi connectivity index (χ0v) is 18.4. The number of carbonyl (C=O) groups is 1. The minimum absolute atomic E-state index is 0.154. The Morgan fingerprint density at radius 3 is 2.07 bits per heavy atom. The molecule has 5 nitrogen and oxygen atoms in total. The molecule has 0 radical (unpaired) electrons. The highest BCUT2D eigenvalue weighted by molar-refractivity contribution is 7.80. The molecule has 0 aliphatic rings. The van der Waals surface area contributed by atoms with Gasteiger partial charge in [-0.05, 0) is 35.7 Å². The molecule has 156 valence electrons. The van der Waals surface area contributed by atoms with Crippen molar-refractivity contribution in [2.24, 2.45) is 0 Å². The van der Waals surface area contributed by atoms with Crippen molar-refractivity contribution in [3.8, 4) is 0 Å². The summed E-state index contributed by atoms with van der Waals surface area (Å²) in [6.07, 6.45) is 0. The molecular weight excluding hydrogens is 443 g/mol. The van der Waals surface area contributed by atoms with E-state index in [1.165, 1.54) is 6.07 Å². The molecule has 3 aromatic rings. The van der Waals surface area contributed by atoms with Gasteiger partial charge < -0.3 is 9.87 Å². The Bertz CT molecular complexity index is 1010. The lowest BCUT2D eigenvalue weighted by Crippen LogP contribution is -2.40. The van der Waals surface area contributed by atoms with Crippen molar-refractivity contribution in [2.75, 3.05) is 10.8 Å². The van der Waals surface area contributed by atoms with Gasteiger partial charge in [0.05, 0.1) is 16.8 Å². The summed E-state index contributed by atoms with van der Waals surface area (Å²) in [6, 6.07) is 21.5. The van der Waals surface area contributed by atoms with Crippen molar-refractivity contribution >= 4 is 46.1 Å². The first-order chi connectivity index (χ1) is 14.4. The molecule has 0 spiro atoms. The van der Waals surface area contributed by atoms with Crippen molar-refractivity contribution in [3.05, 3.63) is 99.5 Å². The van der Waals surface area contributed by atoms with Crippen molar-refractivity contribution in [1.82, 2.24) is 5.32 Å². The summed E-state index contributed by atoms with van der Waals surface area (Å²) < 4.78 is 24.7. The molecule has 30 heavy (non-hydrogen) atoms. The molecule has 0 aliphatic carbocycles. The predicted molar refractivity (Wildman–Crippen MR) is 120 cm³/mol. The summed E-state index contributed by atoms with van der Waals surface area (Å²) in [5.41, 5.74) is 2.52. The van der Waals surface area contributed by atoms with Gasteiger partial charge in [-0.1, -0.05) is 83.9 Å². The van der Waals surface area contributed by atoms with Gasteiger partial charge in [-0.15, -0.1) is 0 Å². The molecule has 0 heterocycles. The molecule has 1 N–H and O–H groups in total. The van der Waals surface area contributed by atoms with Crippen LogP contribution in [-0.4, -0.2) is 21.2 Å². The molecule has 0 saturated carbocycles. The van der Waals surface area contributed by atoms with Crippen LogP contribution < -0.4 is 9.62 Å². The molecule has 0 aromatic heterocycles. The molecule has 3 aromatic carbocycles. The molecular formula is C22H19Cl2N2O3S-. The summed E-state index contributed by atoms with van der Waals surface area (Å²) in [4.78, 5) is 12.9. The number of carbonyl (C=O) groups excluding carboxylic acids is 1. The monoisotopic (exact) mass is 461 g/mol. The van der Waals surface area contributed by atoms with Crippen LogP contribution in [0.2, 0.25) is 10.0 Å². The maximum atomic E-state index is 12.9. The van der Waals surface area contributed by atoms with Crippen LogP contribution in [0.4, 0.5) is 5.69 Å². The highest BCUT2D eigenvalue weighted by Gasteiger charge is 2.21. The standard InChI is InChI=1S/C22H20Cl2N2O3S/c1-15-12-18(23)13-19(21(15)24)26(30(28)29)14-20(27)25-22(16-8-4-2-5-9-16)17-10-6-3-7-11-17/h2-13,22H,14H2,1H3,(H,25,27)(H,28,29)/p-1. The van der Waals surface area contributed by atoms with E-state index in [2.05, 4.69) is 5.32 Å². The Balaban J connectivity index is 1.88. The van der Waals surface area contributed by atoms with Gasteiger partial charge in [0.25, 0.3) is 0 Å². The number of anilines is 1. The first kappa shape index (κ1) is 22.3. The number of rotatable bonds is 7. The molecule has 1 unspecified atom stereocenters. The Labute approximate surface area is 188 Å². The molecule has 1 amide bonds. The number of aryl methyl sites for hydroxylation is 1. The van der Waals surface area contributed by atoms with Gasteiger partial charge in [0.15, 0.2) is 0 Å². The average Bonchev–Trinajstić information content (AvgIpc) is 2.74. The minimum Gasteiger partial charge on any atom is -0.755 e. The van der Waals surface area contributed by atoms with Crippen LogP contribution in [0.25, 0.3) is 0 Å². The average molecular weight is 462 g/mol. The summed E-state index contributed by atoms with van der Waals surface area (Å²) in [7, 11) is 0. The molecule has 0 saturated heterocycles. The number of nitrogens with zero attached hydrogens (tertiary/aromatic N) is 1. The van der Waals surface area contributed by atoms with E-state index in [0.717, 1.165) is 15.4 Å². The Hall–Kier alpha value is -2.38. The van der Waals surface area contributed by atoms with Crippen LogP contribution in [0.3, 0.4) is 0 Å². The van der Waals surface area contributed by atoms with Gasteiger partial charge in [-0.2, -0.15) is 0 Å². The molecule has 0 fully saturated rings. The van der Waals surface area contributed by atoms with E-state index in [-0.39, 0.29) is 10.7 Å². The van der Waals surface area contributed by atoms with Crippen molar-refractivity contribution in [1.29, 1.82) is 0 Å². The molecule has 8 heteroatoms. The van der Waals surface area contributed by atoms with E-state index in [1.54, 1.807) is 13.0 Å². The van der Waals surface area contributed by atoms with Crippen molar-refractivity contribution in [2.45, 2.75) is 13.0 Å². The second-order valence-electron chi connectivity index (χ2n) is 6.63. The predicted octanol–water partition coefficient (Wildman–Crippen LogP) is 4.81. The van der Waals surface area contributed by atoms with Gasteiger partial charge in [-0.25, -0.2) is 0 Å². The second-order valence-corrected chi connectivity index (χ2v) is 8.32. The number of amides is 1. The lowest BCUT2D eigenvalue weighted by atomic mass is 9.99. The summed E-state index contributed by atoms with van der Waals surface area (Å²) >= 11 is 9.62. The largest absolute Gasteiger partial charge is 0.755 e. The fourth-order valence-electron chi connectivity index (χ4n) is 3.09. The molecule has 3 rings (SSSR count). The van der Waals surface area contributed by atoms with Crippen LogP contribution in [0.5, 0.6) is 0 Å². The van der Waals surface area contributed by atoms with E-state index >= 15 is 0 Å². The Morgan fingerprint density at radius 1 is 1.03 bits per heavy atom. The SMILES string of the molecule is Cc1cc(Cl)cc(N(CC(=O)NC(c2ccccc2)c2ccccc2)S(=O)[O-])c1Cl. The molecule has 0 bridgehead atoms. The quantitative estimate of drug-likeness (QED) is 0.513. The van der Waals surface area contributed by atoms with E-state index in [4.69, 9.17) is 23.2 Å². The van der Waals surface area contributed by atoms with Crippen molar-refractivity contribution < 1.29 is 13.6 Å². The molecule has 1 atom stereocenters. The number of halogens is 2. The Kier molecular flexibility index (Phi) is 7.50. The second kappa shape index (κ2) is 10.1. The first-order valence-corrected chi connectivity index (χ1v) is 10.9. The van der Waals surface area contributed by atoms with Crippen LogP contribution >= 0.6 is 23.2 Å². The number of nitrogens with one attached hydrogen (secondary N) is 1. The van der Waals surface area contributed by atoms with Crippen LogP contribution in [-0.2, 0) is 16.1 Å². The zero-order valence-electron chi connectivity index (χ0n) is 16.0. The van der Waals surface area contributed by atoms with E-state index in [0.29, 0.717) is 10.6 Å². The summed E-state index contributed by atoms with van der Waals surface area (Å²) in [5, 5.41) is 3.47. The van der Waals surface area contributed by atoms with Gasteiger partial charge in [0, 0.05) is 16.3 Å². The third-order valence-corrected chi connectivity index (χ3v) is 5.90. The third kappa shape index (κ3) is 5.40. The lowest BCUT2D eigenvalue weighted by molar-refractivity contribution is -0.120. The van der Waals surface area contributed by atoms with Crippen LogP contribution in [0.1, 0.15) is 22.7 Å².